The summed E-state index contributed by atoms with van der Waals surface area (Å²) >= 11 is 0. The van der Waals surface area contributed by atoms with Crippen LogP contribution in [-0.4, -0.2) is 34.6 Å². The third-order valence-electron chi connectivity index (χ3n) is 5.05. The Balaban J connectivity index is 0.00000312. The Bertz CT molecular complexity index is 500. The summed E-state index contributed by atoms with van der Waals surface area (Å²) in [4.78, 5) is 9.03. The number of guanidine groups is 1. The smallest absolute Gasteiger partial charge is 0.191 e. The van der Waals surface area contributed by atoms with Gasteiger partial charge in [-0.25, -0.2) is 4.98 Å². The number of aryl methyl sites for hydroxylation is 2. The van der Waals surface area contributed by atoms with Gasteiger partial charge in [0.1, 0.15) is 5.82 Å². The first kappa shape index (κ1) is 22.3. The van der Waals surface area contributed by atoms with Gasteiger partial charge in [-0.1, -0.05) is 26.2 Å². The van der Waals surface area contributed by atoms with Gasteiger partial charge in [-0.15, -0.1) is 24.0 Å². The van der Waals surface area contributed by atoms with E-state index in [1.165, 1.54) is 32.1 Å². The zero-order valence-corrected chi connectivity index (χ0v) is 18.5. The van der Waals surface area contributed by atoms with Gasteiger partial charge in [0.05, 0.1) is 0 Å². The van der Waals surface area contributed by atoms with E-state index in [1.807, 2.05) is 6.20 Å². The van der Waals surface area contributed by atoms with Crippen LogP contribution in [0.5, 0.6) is 0 Å². The van der Waals surface area contributed by atoms with E-state index < -0.39 is 0 Å². The van der Waals surface area contributed by atoms with Crippen LogP contribution in [0.3, 0.4) is 0 Å². The second-order valence-corrected chi connectivity index (χ2v) is 6.92. The minimum Gasteiger partial charge on any atom is -0.357 e. The van der Waals surface area contributed by atoms with Crippen molar-refractivity contribution in [2.24, 2.45) is 10.9 Å². The van der Waals surface area contributed by atoms with Crippen molar-refractivity contribution < 1.29 is 0 Å². The molecular weight excluding hydrogens is 425 g/mol. The van der Waals surface area contributed by atoms with Gasteiger partial charge in [0, 0.05) is 38.1 Å². The number of nitrogens with one attached hydrogen (secondary N) is 2. The lowest BCUT2D eigenvalue weighted by atomic mass is 9.84. The third-order valence-corrected chi connectivity index (χ3v) is 5.05. The molecule has 1 heterocycles. The van der Waals surface area contributed by atoms with Crippen LogP contribution in [0.15, 0.2) is 17.4 Å². The van der Waals surface area contributed by atoms with Crippen LogP contribution in [0, 0.1) is 12.8 Å². The third kappa shape index (κ3) is 7.96. The molecule has 2 rings (SSSR count). The lowest BCUT2D eigenvalue weighted by molar-refractivity contribution is 0.298. The molecule has 0 amide bonds. The maximum absolute atomic E-state index is 4.77. The number of aliphatic imine (C=N–C) groups is 1. The fourth-order valence-corrected chi connectivity index (χ4v) is 3.53. The van der Waals surface area contributed by atoms with Crippen LogP contribution in [0.2, 0.25) is 0 Å². The number of halogens is 1. The average molecular weight is 461 g/mol. The normalized spacial score (nSPS) is 20.8. The second-order valence-electron chi connectivity index (χ2n) is 6.92. The number of hydrogen-bond acceptors (Lipinski definition) is 2. The highest BCUT2D eigenvalue weighted by Crippen LogP contribution is 2.26. The van der Waals surface area contributed by atoms with E-state index >= 15 is 0 Å². The van der Waals surface area contributed by atoms with Crippen LogP contribution in [0.1, 0.15) is 64.6 Å². The Morgan fingerprint density at radius 1 is 1.32 bits per heavy atom. The Morgan fingerprint density at radius 3 is 2.84 bits per heavy atom. The lowest BCUT2D eigenvalue weighted by Gasteiger charge is -2.30. The van der Waals surface area contributed by atoms with Crippen LogP contribution in [0.25, 0.3) is 0 Å². The van der Waals surface area contributed by atoms with Crippen LogP contribution in [0.4, 0.5) is 0 Å². The zero-order valence-electron chi connectivity index (χ0n) is 16.1. The number of imidazole rings is 1. The van der Waals surface area contributed by atoms with Gasteiger partial charge in [0.25, 0.3) is 0 Å². The molecule has 2 unspecified atom stereocenters. The molecule has 5 nitrogen and oxygen atoms in total. The van der Waals surface area contributed by atoms with Gasteiger partial charge in [0.15, 0.2) is 5.96 Å². The second kappa shape index (κ2) is 12.5. The standard InChI is InChI=1S/C19H35N5.HI/c1-4-17-9-8-10-18(15-17)23-19(20-5-2)22-11-6-7-13-24-14-12-21-16(24)3;/h12,14,17-18H,4-11,13,15H2,1-3H3,(H2,20,22,23);1H. The van der Waals surface area contributed by atoms with E-state index in [0.717, 1.165) is 50.2 Å². The highest BCUT2D eigenvalue weighted by Gasteiger charge is 2.21. The first-order valence-corrected chi connectivity index (χ1v) is 9.75. The van der Waals surface area contributed by atoms with Crippen molar-refractivity contribution in [3.8, 4) is 0 Å². The van der Waals surface area contributed by atoms with Crippen LogP contribution in [-0.2, 0) is 6.54 Å². The van der Waals surface area contributed by atoms with Crippen molar-refractivity contribution in [1.82, 2.24) is 20.2 Å². The van der Waals surface area contributed by atoms with Crippen molar-refractivity contribution in [3.63, 3.8) is 0 Å². The van der Waals surface area contributed by atoms with Crippen molar-refractivity contribution in [2.75, 3.05) is 13.1 Å². The van der Waals surface area contributed by atoms with E-state index in [4.69, 9.17) is 4.99 Å². The Labute approximate surface area is 170 Å². The van der Waals surface area contributed by atoms with E-state index in [2.05, 4.69) is 47.2 Å². The molecule has 25 heavy (non-hydrogen) atoms. The van der Waals surface area contributed by atoms with Gasteiger partial charge in [0.2, 0.25) is 0 Å². The molecule has 0 bridgehead atoms. The molecule has 0 aliphatic heterocycles. The monoisotopic (exact) mass is 461 g/mol. The van der Waals surface area contributed by atoms with Crippen molar-refractivity contribution >= 4 is 29.9 Å². The molecule has 1 aromatic rings. The molecule has 1 fully saturated rings. The first-order chi connectivity index (χ1) is 11.7. The molecule has 1 aliphatic carbocycles. The quantitative estimate of drug-likeness (QED) is 0.265. The first-order valence-electron chi connectivity index (χ1n) is 9.75. The molecule has 0 spiro atoms. The van der Waals surface area contributed by atoms with Gasteiger partial charge in [-0.05, 0) is 45.4 Å². The fourth-order valence-electron chi connectivity index (χ4n) is 3.53. The summed E-state index contributed by atoms with van der Waals surface area (Å²) in [6, 6.07) is 0.593. The SMILES string of the molecule is CCNC(=NCCCCn1ccnc1C)NC1CCCC(CC)C1.I. The molecule has 0 saturated heterocycles. The van der Waals surface area contributed by atoms with Crippen molar-refractivity contribution in [2.45, 2.75) is 78.3 Å². The summed E-state index contributed by atoms with van der Waals surface area (Å²) < 4.78 is 2.21. The molecule has 0 radical (unpaired) electrons. The predicted octanol–water partition coefficient (Wildman–Crippen LogP) is 4.11. The number of aromatic nitrogens is 2. The van der Waals surface area contributed by atoms with Gasteiger partial charge < -0.3 is 15.2 Å². The number of rotatable bonds is 8. The Morgan fingerprint density at radius 2 is 2.16 bits per heavy atom. The molecule has 1 aliphatic rings. The number of hydrogen-bond donors (Lipinski definition) is 2. The van der Waals surface area contributed by atoms with Gasteiger partial charge in [-0.3, -0.25) is 4.99 Å². The van der Waals surface area contributed by atoms with Crippen LogP contribution >= 0.6 is 24.0 Å². The Hall–Kier alpha value is -0.790. The minimum absolute atomic E-state index is 0. The summed E-state index contributed by atoms with van der Waals surface area (Å²) in [5.74, 6) is 2.98. The summed E-state index contributed by atoms with van der Waals surface area (Å²) in [7, 11) is 0. The maximum Gasteiger partial charge on any atom is 0.191 e. The van der Waals surface area contributed by atoms with E-state index in [-0.39, 0.29) is 24.0 Å². The number of nitrogens with zero attached hydrogens (tertiary/aromatic N) is 3. The molecule has 1 aromatic heterocycles. The fraction of sp³-hybridized carbons (Fsp3) is 0.789. The number of unbranched alkanes of at least 4 members (excludes halogenated alkanes) is 1. The van der Waals surface area contributed by atoms with Crippen LogP contribution < -0.4 is 10.6 Å². The van der Waals surface area contributed by atoms with Crippen molar-refractivity contribution in [3.05, 3.63) is 18.2 Å². The van der Waals surface area contributed by atoms with Gasteiger partial charge >= 0.3 is 0 Å². The predicted molar refractivity (Wildman–Crippen MR) is 117 cm³/mol. The minimum atomic E-state index is 0. The van der Waals surface area contributed by atoms with E-state index in [9.17, 15) is 0 Å². The lowest BCUT2D eigenvalue weighted by Crippen LogP contribution is -2.45. The average Bonchev–Trinajstić information content (AvgIpc) is 3.00. The van der Waals surface area contributed by atoms with E-state index in [1.54, 1.807) is 0 Å². The highest BCUT2D eigenvalue weighted by molar-refractivity contribution is 14.0. The van der Waals surface area contributed by atoms with E-state index in [0.29, 0.717) is 6.04 Å². The Kier molecular flexibility index (Phi) is 11.2. The molecule has 144 valence electrons. The van der Waals surface area contributed by atoms with Crippen molar-refractivity contribution in [1.29, 1.82) is 0 Å². The molecule has 2 atom stereocenters. The molecule has 0 aromatic carbocycles. The largest absolute Gasteiger partial charge is 0.357 e. The molecular formula is C19H36IN5. The van der Waals surface area contributed by atoms with Gasteiger partial charge in [-0.2, -0.15) is 0 Å². The summed E-state index contributed by atoms with van der Waals surface area (Å²) in [6.45, 7) is 9.34. The summed E-state index contributed by atoms with van der Waals surface area (Å²) in [5.41, 5.74) is 0. The molecule has 1 saturated carbocycles. The zero-order chi connectivity index (χ0) is 17.2. The maximum atomic E-state index is 4.77. The summed E-state index contributed by atoms with van der Waals surface area (Å²) in [6.07, 6.45) is 12.8. The topological polar surface area (TPSA) is 54.2 Å². The summed E-state index contributed by atoms with van der Waals surface area (Å²) in [5, 5.41) is 7.06. The highest BCUT2D eigenvalue weighted by atomic mass is 127. The molecule has 2 N–H and O–H groups in total. The molecule has 6 heteroatoms.